The van der Waals surface area contributed by atoms with Crippen LogP contribution in [0.2, 0.25) is 0 Å². The van der Waals surface area contributed by atoms with Gasteiger partial charge in [0, 0.05) is 17.1 Å². The highest BCUT2D eigenvalue weighted by Crippen LogP contribution is 2.24. The fourth-order valence-corrected chi connectivity index (χ4v) is 2.93. The molecule has 1 N–H and O–H groups in total. The van der Waals surface area contributed by atoms with Gasteiger partial charge in [-0.25, -0.2) is 0 Å². The van der Waals surface area contributed by atoms with E-state index in [9.17, 15) is 0 Å². The molecule has 15 heavy (non-hydrogen) atoms. The van der Waals surface area contributed by atoms with Crippen LogP contribution in [0.25, 0.3) is 0 Å². The predicted octanol–water partition coefficient (Wildman–Crippen LogP) is 3.37. The van der Waals surface area contributed by atoms with E-state index in [2.05, 4.69) is 17.2 Å². The van der Waals surface area contributed by atoms with Gasteiger partial charge < -0.3 is 5.32 Å². The van der Waals surface area contributed by atoms with E-state index in [1.807, 2.05) is 11.7 Å². The molecule has 0 saturated heterocycles. The summed E-state index contributed by atoms with van der Waals surface area (Å²) in [4.78, 5) is 5.47. The first kappa shape index (κ1) is 11.1. The van der Waals surface area contributed by atoms with E-state index < -0.39 is 0 Å². The lowest BCUT2D eigenvalue weighted by atomic mass is 9.89. The summed E-state index contributed by atoms with van der Waals surface area (Å²) in [6.45, 7) is 3.41. The zero-order valence-electron chi connectivity index (χ0n) is 9.41. The van der Waals surface area contributed by atoms with E-state index in [4.69, 9.17) is 0 Å². The van der Waals surface area contributed by atoms with Crippen molar-refractivity contribution in [1.82, 2.24) is 10.3 Å². The first-order valence-corrected chi connectivity index (χ1v) is 6.86. The van der Waals surface area contributed by atoms with Crippen molar-refractivity contribution >= 4 is 11.3 Å². The second-order valence-corrected chi connectivity index (χ2v) is 5.46. The molecule has 84 valence electrons. The maximum Gasteiger partial charge on any atom is 0.0794 e. The summed E-state index contributed by atoms with van der Waals surface area (Å²) in [5.74, 6) is 0.911. The number of hydrogen-bond acceptors (Lipinski definition) is 3. The number of thiazole rings is 1. The van der Waals surface area contributed by atoms with Crippen molar-refractivity contribution < 1.29 is 0 Å². The Hall–Kier alpha value is -0.410. The van der Waals surface area contributed by atoms with Crippen LogP contribution in [-0.4, -0.2) is 11.5 Å². The largest absolute Gasteiger partial charge is 0.309 e. The minimum Gasteiger partial charge on any atom is -0.309 e. The second kappa shape index (κ2) is 5.61. The highest BCUT2D eigenvalue weighted by atomic mass is 32.1. The maximum absolute atomic E-state index is 4.12. The van der Waals surface area contributed by atoms with Crippen molar-refractivity contribution in [3.8, 4) is 0 Å². The van der Waals surface area contributed by atoms with Crippen LogP contribution in [0, 0.1) is 5.92 Å². The summed E-state index contributed by atoms with van der Waals surface area (Å²) < 4.78 is 0. The molecule has 0 bridgehead atoms. The number of nitrogens with one attached hydrogen (secondary N) is 1. The maximum atomic E-state index is 4.12. The van der Waals surface area contributed by atoms with Crippen LogP contribution < -0.4 is 5.32 Å². The molecule has 0 spiro atoms. The summed E-state index contributed by atoms with van der Waals surface area (Å²) in [6.07, 6.45) is 9.12. The molecule has 1 unspecified atom stereocenters. The summed E-state index contributed by atoms with van der Waals surface area (Å²) >= 11 is 1.74. The first-order valence-electron chi connectivity index (χ1n) is 5.98. The molecule has 1 fully saturated rings. The van der Waals surface area contributed by atoms with Gasteiger partial charge in [-0.2, -0.15) is 0 Å². The van der Waals surface area contributed by atoms with Gasteiger partial charge in [-0.1, -0.05) is 19.3 Å². The monoisotopic (exact) mass is 224 g/mol. The Morgan fingerprint density at radius 3 is 2.93 bits per heavy atom. The highest BCUT2D eigenvalue weighted by molar-refractivity contribution is 7.09. The van der Waals surface area contributed by atoms with Crippen molar-refractivity contribution in [1.29, 1.82) is 0 Å². The molecule has 0 amide bonds. The molecule has 1 atom stereocenters. The Kier molecular flexibility index (Phi) is 4.15. The molecule has 0 aromatic carbocycles. The summed E-state index contributed by atoms with van der Waals surface area (Å²) in [6, 6.07) is 0.472. The summed E-state index contributed by atoms with van der Waals surface area (Å²) in [5, 5.41) is 3.63. The Morgan fingerprint density at radius 2 is 2.27 bits per heavy atom. The van der Waals surface area contributed by atoms with Gasteiger partial charge in [-0.05, 0) is 32.2 Å². The third-order valence-electron chi connectivity index (χ3n) is 3.32. The van der Waals surface area contributed by atoms with Crippen LogP contribution in [0.1, 0.15) is 49.9 Å². The summed E-state index contributed by atoms with van der Waals surface area (Å²) in [7, 11) is 0. The normalized spacial score (nSPS) is 20.3. The molecule has 3 heteroatoms. The van der Waals surface area contributed by atoms with Gasteiger partial charge in [-0.3, -0.25) is 4.98 Å². The summed E-state index contributed by atoms with van der Waals surface area (Å²) in [5.41, 5.74) is 1.91. The molecule has 1 aromatic rings. The van der Waals surface area contributed by atoms with Gasteiger partial charge in [0.15, 0.2) is 0 Å². The first-order chi connectivity index (χ1) is 7.36. The molecule has 1 aliphatic rings. The second-order valence-electron chi connectivity index (χ2n) is 4.54. The van der Waals surface area contributed by atoms with Gasteiger partial charge >= 0.3 is 0 Å². The molecule has 2 nitrogen and oxygen atoms in total. The SMILES string of the molecule is CC(NCC1CCCCC1)c1cncs1. The zero-order valence-corrected chi connectivity index (χ0v) is 10.2. The van der Waals surface area contributed by atoms with Crippen LogP contribution in [0.4, 0.5) is 0 Å². The lowest BCUT2D eigenvalue weighted by molar-refractivity contribution is 0.332. The third kappa shape index (κ3) is 3.28. The lowest BCUT2D eigenvalue weighted by Crippen LogP contribution is -2.26. The van der Waals surface area contributed by atoms with Crippen LogP contribution in [-0.2, 0) is 0 Å². The molecule has 2 rings (SSSR count). The van der Waals surface area contributed by atoms with E-state index in [0.717, 1.165) is 5.92 Å². The van der Waals surface area contributed by atoms with Crippen molar-refractivity contribution in [3.63, 3.8) is 0 Å². The van der Waals surface area contributed by atoms with E-state index in [0.29, 0.717) is 6.04 Å². The van der Waals surface area contributed by atoms with Crippen LogP contribution >= 0.6 is 11.3 Å². The molecule has 0 aliphatic heterocycles. The van der Waals surface area contributed by atoms with Crippen LogP contribution in [0.15, 0.2) is 11.7 Å². The Bertz CT molecular complexity index is 265. The van der Waals surface area contributed by atoms with Gasteiger partial charge in [0.25, 0.3) is 0 Å². The van der Waals surface area contributed by atoms with Crippen LogP contribution in [0.5, 0.6) is 0 Å². The fourth-order valence-electron chi connectivity index (χ4n) is 2.27. The number of rotatable bonds is 4. The van der Waals surface area contributed by atoms with Crippen molar-refractivity contribution in [2.24, 2.45) is 5.92 Å². The quantitative estimate of drug-likeness (QED) is 0.848. The topological polar surface area (TPSA) is 24.9 Å². The Labute approximate surface area is 96.1 Å². The Morgan fingerprint density at radius 1 is 1.47 bits per heavy atom. The molecule has 0 radical (unpaired) electrons. The molecule has 1 heterocycles. The number of hydrogen-bond donors (Lipinski definition) is 1. The standard InChI is InChI=1S/C12H20N2S/c1-10(12-8-13-9-15-12)14-7-11-5-3-2-4-6-11/h8-11,14H,2-7H2,1H3. The average Bonchev–Trinajstić information content (AvgIpc) is 2.81. The molecule has 1 saturated carbocycles. The van der Waals surface area contributed by atoms with Gasteiger partial charge in [0.2, 0.25) is 0 Å². The molecular formula is C12H20N2S. The fraction of sp³-hybridized carbons (Fsp3) is 0.750. The van der Waals surface area contributed by atoms with E-state index in [1.54, 1.807) is 11.3 Å². The van der Waals surface area contributed by atoms with Gasteiger partial charge in [-0.15, -0.1) is 11.3 Å². The number of nitrogens with zero attached hydrogens (tertiary/aromatic N) is 1. The average molecular weight is 224 g/mol. The Balaban J connectivity index is 1.73. The van der Waals surface area contributed by atoms with Crippen molar-refractivity contribution in [2.45, 2.75) is 45.1 Å². The minimum atomic E-state index is 0.472. The lowest BCUT2D eigenvalue weighted by Gasteiger charge is -2.23. The van der Waals surface area contributed by atoms with E-state index >= 15 is 0 Å². The molecular weight excluding hydrogens is 204 g/mol. The van der Waals surface area contributed by atoms with Crippen molar-refractivity contribution in [3.05, 3.63) is 16.6 Å². The highest BCUT2D eigenvalue weighted by Gasteiger charge is 2.14. The minimum absolute atomic E-state index is 0.472. The van der Waals surface area contributed by atoms with Crippen molar-refractivity contribution in [2.75, 3.05) is 6.54 Å². The zero-order chi connectivity index (χ0) is 10.5. The van der Waals surface area contributed by atoms with Crippen LogP contribution in [0.3, 0.4) is 0 Å². The van der Waals surface area contributed by atoms with Gasteiger partial charge in [0.1, 0.15) is 0 Å². The predicted molar refractivity (Wildman–Crippen MR) is 65.1 cm³/mol. The molecule has 1 aliphatic carbocycles. The van der Waals surface area contributed by atoms with E-state index in [-0.39, 0.29) is 0 Å². The molecule has 1 aromatic heterocycles. The number of aromatic nitrogens is 1. The van der Waals surface area contributed by atoms with E-state index in [1.165, 1.54) is 43.5 Å². The smallest absolute Gasteiger partial charge is 0.0794 e. The van der Waals surface area contributed by atoms with Gasteiger partial charge in [0.05, 0.1) is 5.51 Å². The third-order valence-corrected chi connectivity index (χ3v) is 4.27.